The second kappa shape index (κ2) is 6.95. The van der Waals surface area contributed by atoms with Crippen LogP contribution in [0.1, 0.15) is 19.4 Å². The van der Waals surface area contributed by atoms with Gasteiger partial charge < -0.3 is 20.6 Å². The number of nitrogens with two attached hydrogens (primary N) is 1. The molecular formula is C25H23N7. The van der Waals surface area contributed by atoms with Gasteiger partial charge in [-0.05, 0) is 26.0 Å². The number of benzene rings is 2. The first-order valence-electron chi connectivity index (χ1n) is 10.9. The van der Waals surface area contributed by atoms with Gasteiger partial charge in [0.1, 0.15) is 16.7 Å². The van der Waals surface area contributed by atoms with Gasteiger partial charge in [-0.2, -0.15) is 0 Å². The van der Waals surface area contributed by atoms with Crippen LogP contribution in [-0.2, 0) is 0 Å². The van der Waals surface area contributed by atoms with Crippen molar-refractivity contribution in [3.63, 3.8) is 0 Å². The number of imidazole rings is 1. The molecule has 7 heteroatoms. The van der Waals surface area contributed by atoms with E-state index in [2.05, 4.69) is 40.8 Å². The summed E-state index contributed by atoms with van der Waals surface area (Å²) in [6.45, 7) is 5.88. The van der Waals surface area contributed by atoms with Crippen molar-refractivity contribution in [3.05, 3.63) is 65.6 Å². The highest BCUT2D eigenvalue weighted by Gasteiger charge is 2.19. The van der Waals surface area contributed by atoms with Crippen molar-refractivity contribution in [2.45, 2.75) is 13.8 Å². The molecule has 0 aliphatic carbocycles. The molecule has 4 aromatic heterocycles. The topological polar surface area (TPSA) is 99.5 Å². The lowest BCUT2D eigenvalue weighted by molar-refractivity contribution is 0.835. The number of para-hydroxylation sites is 2. The van der Waals surface area contributed by atoms with Crippen molar-refractivity contribution >= 4 is 55.5 Å². The van der Waals surface area contributed by atoms with Gasteiger partial charge in [-0.25, -0.2) is 15.0 Å². The fourth-order valence-corrected chi connectivity index (χ4v) is 4.55. The summed E-state index contributed by atoms with van der Waals surface area (Å²) in [7, 11) is 0. The number of anilines is 1. The van der Waals surface area contributed by atoms with Crippen LogP contribution in [0.3, 0.4) is 0 Å². The van der Waals surface area contributed by atoms with E-state index in [0.29, 0.717) is 11.6 Å². The average Bonchev–Trinajstić information content (AvgIpc) is 3.53. The Morgan fingerprint density at radius 2 is 1.62 bits per heavy atom. The molecule has 32 heavy (non-hydrogen) atoms. The maximum atomic E-state index is 6.78. The number of rotatable bonds is 4. The molecule has 0 fully saturated rings. The molecule has 0 amide bonds. The average molecular weight is 422 g/mol. The number of aromatic nitrogens is 5. The molecule has 0 aliphatic rings. The first kappa shape index (κ1) is 18.6. The van der Waals surface area contributed by atoms with E-state index in [-0.39, 0.29) is 0 Å². The lowest BCUT2D eigenvalue weighted by Gasteiger charge is -2.15. The number of hydrogen-bond acceptors (Lipinski definition) is 5. The third-order valence-electron chi connectivity index (χ3n) is 6.20. The van der Waals surface area contributed by atoms with Crippen LogP contribution < -0.4 is 16.0 Å². The van der Waals surface area contributed by atoms with Crippen LogP contribution in [0.5, 0.6) is 0 Å². The summed E-state index contributed by atoms with van der Waals surface area (Å²) >= 11 is 0. The minimum absolute atomic E-state index is 0.618. The van der Waals surface area contributed by atoms with E-state index in [1.54, 1.807) is 0 Å². The fourth-order valence-electron chi connectivity index (χ4n) is 4.55. The molecule has 6 aromatic rings. The molecule has 0 unspecified atom stereocenters. The molecule has 4 heterocycles. The lowest BCUT2D eigenvalue weighted by Crippen LogP contribution is -2.23. The van der Waals surface area contributed by atoms with E-state index >= 15 is 0 Å². The highest BCUT2D eigenvalue weighted by molar-refractivity contribution is 6.17. The summed E-state index contributed by atoms with van der Waals surface area (Å²) < 4.78 is 0. The molecular weight excluding hydrogens is 398 g/mol. The summed E-state index contributed by atoms with van der Waals surface area (Å²) in [6.07, 6.45) is 1.94. The number of aromatic amines is 2. The van der Waals surface area contributed by atoms with Crippen molar-refractivity contribution in [1.82, 2.24) is 24.9 Å². The Bertz CT molecular complexity index is 1670. The highest BCUT2D eigenvalue weighted by atomic mass is 15.3. The molecule has 7 nitrogen and oxygen atoms in total. The van der Waals surface area contributed by atoms with Crippen LogP contribution in [0.15, 0.2) is 54.7 Å². The zero-order valence-electron chi connectivity index (χ0n) is 18.0. The molecule has 0 saturated heterocycles. The second-order valence-electron chi connectivity index (χ2n) is 7.91. The van der Waals surface area contributed by atoms with Crippen molar-refractivity contribution in [1.29, 1.82) is 0 Å². The van der Waals surface area contributed by atoms with Crippen molar-refractivity contribution in [2.75, 3.05) is 18.0 Å². The smallest absolute Gasteiger partial charge is 0.226 e. The summed E-state index contributed by atoms with van der Waals surface area (Å²) in [4.78, 5) is 23.7. The van der Waals surface area contributed by atoms with Gasteiger partial charge >= 0.3 is 0 Å². The number of nitrogens with zero attached hydrogens (tertiary/aromatic N) is 4. The predicted molar refractivity (Wildman–Crippen MR) is 130 cm³/mol. The first-order valence-corrected chi connectivity index (χ1v) is 10.9. The number of hydrogen-bond donors (Lipinski definition) is 3. The minimum atomic E-state index is 0.618. The molecule has 0 radical (unpaired) electrons. The Labute approximate surface area is 184 Å². The molecule has 2 aromatic carbocycles. The predicted octanol–water partition coefficient (Wildman–Crippen LogP) is 3.82. The minimum Gasteiger partial charge on any atom is -0.396 e. The van der Waals surface area contributed by atoms with Gasteiger partial charge in [0.25, 0.3) is 0 Å². The normalized spacial score (nSPS) is 12.9. The largest absolute Gasteiger partial charge is 0.396 e. The number of pyridine rings is 1. The summed E-state index contributed by atoms with van der Waals surface area (Å²) in [5, 5.41) is 3.85. The Balaban J connectivity index is 1.77. The molecule has 6 rings (SSSR count). The Morgan fingerprint density at radius 3 is 2.44 bits per heavy atom. The Morgan fingerprint density at radius 1 is 0.906 bits per heavy atom. The first-order chi connectivity index (χ1) is 15.7. The standard InChI is InChI=1S/C25H23N7/c1-3-32(4-2)25-30-21-19-15-10-6-8-12-18(15)28-24(19)29-22(23(21)31-25)20(26)16-13-27-17-11-7-5-9-14(16)17/h5-13,27H,3-4,26H2,1-2H3,(H,28,29)/b22-20+. The molecule has 0 atom stereocenters. The zero-order valence-corrected chi connectivity index (χ0v) is 18.0. The number of H-pyrrole nitrogens is 2. The van der Waals surface area contributed by atoms with Crippen LogP contribution in [-0.4, -0.2) is 38.0 Å². The molecule has 0 spiro atoms. The molecule has 0 aliphatic heterocycles. The Kier molecular flexibility index (Phi) is 4.04. The van der Waals surface area contributed by atoms with E-state index in [1.165, 1.54) is 0 Å². The van der Waals surface area contributed by atoms with Crippen molar-refractivity contribution in [2.24, 2.45) is 5.73 Å². The van der Waals surface area contributed by atoms with Crippen molar-refractivity contribution in [3.8, 4) is 0 Å². The van der Waals surface area contributed by atoms with Gasteiger partial charge in [0.15, 0.2) is 0 Å². The van der Waals surface area contributed by atoms with Gasteiger partial charge in [-0.15, -0.1) is 0 Å². The number of nitrogens with one attached hydrogen (secondary N) is 2. The van der Waals surface area contributed by atoms with Crippen LogP contribution in [0.2, 0.25) is 0 Å². The van der Waals surface area contributed by atoms with Crippen LogP contribution in [0.4, 0.5) is 5.95 Å². The number of fused-ring (bicyclic) bond motifs is 6. The van der Waals surface area contributed by atoms with Gasteiger partial charge in [0.05, 0.1) is 21.9 Å². The van der Waals surface area contributed by atoms with Crippen LogP contribution in [0.25, 0.3) is 49.6 Å². The van der Waals surface area contributed by atoms with Gasteiger partial charge in [-0.3, -0.25) is 0 Å². The quantitative estimate of drug-likeness (QED) is 0.402. The molecule has 0 bridgehead atoms. The van der Waals surface area contributed by atoms with Gasteiger partial charge in [-0.1, -0.05) is 36.4 Å². The Hall–Kier alpha value is -4.13. The monoisotopic (exact) mass is 421 g/mol. The third-order valence-corrected chi connectivity index (χ3v) is 6.20. The SMILES string of the molecule is CCN(CC)c1nc2/c(=C(\N)c3c[nH]c4ccccc34)[nH]c3nc4ccccc4c3c2n1. The second-order valence-corrected chi connectivity index (χ2v) is 7.91. The van der Waals surface area contributed by atoms with E-state index < -0.39 is 0 Å². The van der Waals surface area contributed by atoms with E-state index in [1.807, 2.05) is 42.6 Å². The maximum Gasteiger partial charge on any atom is 0.226 e. The fraction of sp³-hybridized carbons (Fsp3) is 0.160. The van der Waals surface area contributed by atoms with Crippen LogP contribution >= 0.6 is 0 Å². The summed E-state index contributed by atoms with van der Waals surface area (Å²) in [5.74, 6) is 0.712. The zero-order chi connectivity index (χ0) is 21.8. The molecule has 0 saturated carbocycles. The molecule has 4 N–H and O–H groups in total. The van der Waals surface area contributed by atoms with Gasteiger partial charge in [0, 0.05) is 41.1 Å². The van der Waals surface area contributed by atoms with Gasteiger partial charge in [0.2, 0.25) is 5.95 Å². The maximum absolute atomic E-state index is 6.78. The third kappa shape index (κ3) is 2.57. The van der Waals surface area contributed by atoms with E-state index in [0.717, 1.165) is 67.9 Å². The lowest BCUT2D eigenvalue weighted by atomic mass is 10.1. The highest BCUT2D eigenvalue weighted by Crippen LogP contribution is 2.30. The van der Waals surface area contributed by atoms with E-state index in [9.17, 15) is 0 Å². The van der Waals surface area contributed by atoms with E-state index in [4.69, 9.17) is 20.7 Å². The van der Waals surface area contributed by atoms with Crippen molar-refractivity contribution < 1.29 is 0 Å². The summed E-state index contributed by atoms with van der Waals surface area (Å²) in [6, 6.07) is 16.3. The van der Waals surface area contributed by atoms with Crippen LogP contribution in [0, 0.1) is 0 Å². The molecule has 158 valence electrons. The summed E-state index contributed by atoms with van der Waals surface area (Å²) in [5.41, 5.74) is 12.7.